The van der Waals surface area contributed by atoms with E-state index in [0.717, 1.165) is 57.7 Å². The fourth-order valence-corrected chi connectivity index (χ4v) is 3.38. The van der Waals surface area contributed by atoms with Crippen molar-refractivity contribution in [2.75, 3.05) is 19.7 Å². The first-order valence-corrected chi connectivity index (χ1v) is 10.0. The lowest BCUT2D eigenvalue weighted by Crippen LogP contribution is -2.44. The molecule has 144 valence electrons. The molecule has 0 spiro atoms. The van der Waals surface area contributed by atoms with Gasteiger partial charge in [0.25, 0.3) is 5.91 Å². The zero-order chi connectivity index (χ0) is 18.9. The largest absolute Gasteiger partial charge is 0.494 e. The summed E-state index contributed by atoms with van der Waals surface area (Å²) in [6.45, 7) is 5.89. The minimum atomic E-state index is 0.0108. The normalized spacial score (nSPS) is 15.4. The number of hydrogen-bond acceptors (Lipinski definition) is 3. The molecule has 1 aliphatic heterocycles. The van der Waals surface area contributed by atoms with E-state index in [-0.39, 0.29) is 11.9 Å². The first-order chi connectivity index (χ1) is 13.2. The molecule has 0 aromatic heterocycles. The van der Waals surface area contributed by atoms with Crippen LogP contribution in [-0.4, -0.2) is 36.5 Å². The minimum absolute atomic E-state index is 0.0108. The van der Waals surface area contributed by atoms with E-state index in [9.17, 15) is 4.79 Å². The number of unbranched alkanes of at least 4 members (excludes halogenated alkanes) is 1. The van der Waals surface area contributed by atoms with Crippen LogP contribution >= 0.6 is 0 Å². The number of piperidine rings is 1. The first kappa shape index (κ1) is 19.4. The van der Waals surface area contributed by atoms with Gasteiger partial charge in [0.1, 0.15) is 5.75 Å². The van der Waals surface area contributed by atoms with E-state index < -0.39 is 0 Å². The molecule has 4 nitrogen and oxygen atoms in total. The van der Waals surface area contributed by atoms with E-state index in [1.165, 1.54) is 5.56 Å². The number of ether oxygens (including phenoxy) is 1. The van der Waals surface area contributed by atoms with Crippen LogP contribution in [0.1, 0.15) is 48.5 Å². The second-order valence-corrected chi connectivity index (χ2v) is 7.24. The quantitative estimate of drug-likeness (QED) is 0.710. The maximum Gasteiger partial charge on any atom is 0.251 e. The summed E-state index contributed by atoms with van der Waals surface area (Å²) >= 11 is 0. The third kappa shape index (κ3) is 6.10. The van der Waals surface area contributed by atoms with Crippen molar-refractivity contribution in [2.24, 2.45) is 0 Å². The molecule has 3 rings (SSSR count). The fourth-order valence-electron chi connectivity index (χ4n) is 3.38. The lowest BCUT2D eigenvalue weighted by molar-refractivity contribution is 0.0909. The lowest BCUT2D eigenvalue weighted by Gasteiger charge is -2.32. The molecule has 0 bridgehead atoms. The second kappa shape index (κ2) is 10.1. The Morgan fingerprint density at radius 1 is 1.07 bits per heavy atom. The molecule has 2 aromatic rings. The molecule has 27 heavy (non-hydrogen) atoms. The summed E-state index contributed by atoms with van der Waals surface area (Å²) in [4.78, 5) is 15.0. The van der Waals surface area contributed by atoms with Gasteiger partial charge >= 0.3 is 0 Å². The van der Waals surface area contributed by atoms with E-state index >= 15 is 0 Å². The maximum atomic E-state index is 12.5. The molecule has 1 saturated heterocycles. The van der Waals surface area contributed by atoms with E-state index in [1.807, 2.05) is 24.3 Å². The van der Waals surface area contributed by atoms with Gasteiger partial charge in [0, 0.05) is 31.2 Å². The minimum Gasteiger partial charge on any atom is -0.494 e. The molecule has 1 fully saturated rings. The standard InChI is InChI=1S/C23H30N2O2/c1-2-3-17-27-22-11-9-20(10-12-22)23(26)24-21-13-15-25(16-14-21)18-19-7-5-4-6-8-19/h4-12,21H,2-3,13-18H2,1H3,(H,24,26). The van der Waals surface area contributed by atoms with Gasteiger partial charge in [-0.05, 0) is 49.1 Å². The van der Waals surface area contributed by atoms with Crippen LogP contribution in [0.2, 0.25) is 0 Å². The number of likely N-dealkylation sites (tertiary alicyclic amines) is 1. The van der Waals surface area contributed by atoms with Crippen molar-refractivity contribution in [3.05, 3.63) is 65.7 Å². The Kier molecular flexibility index (Phi) is 7.28. The number of benzene rings is 2. The molecule has 0 unspecified atom stereocenters. The van der Waals surface area contributed by atoms with Crippen LogP contribution in [0.5, 0.6) is 5.75 Å². The number of rotatable bonds is 8. The van der Waals surface area contributed by atoms with Gasteiger partial charge in [0.05, 0.1) is 6.61 Å². The van der Waals surface area contributed by atoms with Crippen LogP contribution in [-0.2, 0) is 6.54 Å². The zero-order valence-electron chi connectivity index (χ0n) is 16.2. The molecular weight excluding hydrogens is 336 g/mol. The van der Waals surface area contributed by atoms with Crippen LogP contribution in [0.25, 0.3) is 0 Å². The fraction of sp³-hybridized carbons (Fsp3) is 0.435. The van der Waals surface area contributed by atoms with Crippen molar-refractivity contribution in [3.8, 4) is 5.75 Å². The summed E-state index contributed by atoms with van der Waals surface area (Å²) in [5, 5.41) is 3.18. The van der Waals surface area contributed by atoms with Crippen LogP contribution in [0.4, 0.5) is 0 Å². The second-order valence-electron chi connectivity index (χ2n) is 7.24. The Hall–Kier alpha value is -2.33. The zero-order valence-corrected chi connectivity index (χ0v) is 16.2. The number of nitrogens with one attached hydrogen (secondary N) is 1. The number of carbonyl (C=O) groups excluding carboxylic acids is 1. The Morgan fingerprint density at radius 2 is 1.78 bits per heavy atom. The molecule has 1 aliphatic rings. The number of nitrogens with zero attached hydrogens (tertiary/aromatic N) is 1. The predicted molar refractivity (Wildman–Crippen MR) is 109 cm³/mol. The Labute approximate surface area is 162 Å². The molecule has 0 radical (unpaired) electrons. The maximum absolute atomic E-state index is 12.5. The average molecular weight is 367 g/mol. The van der Waals surface area contributed by atoms with Crippen molar-refractivity contribution in [1.29, 1.82) is 0 Å². The first-order valence-electron chi connectivity index (χ1n) is 10.0. The summed E-state index contributed by atoms with van der Waals surface area (Å²) in [5.41, 5.74) is 2.05. The lowest BCUT2D eigenvalue weighted by atomic mass is 10.0. The SMILES string of the molecule is CCCCOc1ccc(C(=O)NC2CCN(Cc3ccccc3)CC2)cc1. The smallest absolute Gasteiger partial charge is 0.251 e. The Bertz CT molecular complexity index is 692. The average Bonchev–Trinajstić information content (AvgIpc) is 2.71. The number of amides is 1. The molecule has 1 heterocycles. The van der Waals surface area contributed by atoms with Gasteiger partial charge in [-0.3, -0.25) is 9.69 Å². The molecule has 0 aliphatic carbocycles. The van der Waals surface area contributed by atoms with E-state index in [2.05, 4.69) is 47.5 Å². The van der Waals surface area contributed by atoms with Gasteiger partial charge in [0.15, 0.2) is 0 Å². The summed E-state index contributed by atoms with van der Waals surface area (Å²) < 4.78 is 5.65. The monoisotopic (exact) mass is 366 g/mol. The highest BCUT2D eigenvalue weighted by Gasteiger charge is 2.21. The third-order valence-electron chi connectivity index (χ3n) is 5.05. The number of hydrogen-bond donors (Lipinski definition) is 1. The van der Waals surface area contributed by atoms with E-state index in [0.29, 0.717) is 5.56 Å². The van der Waals surface area contributed by atoms with Gasteiger partial charge in [-0.1, -0.05) is 43.7 Å². The van der Waals surface area contributed by atoms with Crippen molar-refractivity contribution >= 4 is 5.91 Å². The van der Waals surface area contributed by atoms with Crippen LogP contribution in [0, 0.1) is 0 Å². The summed E-state index contributed by atoms with van der Waals surface area (Å²) in [6, 6.07) is 18.3. The summed E-state index contributed by atoms with van der Waals surface area (Å²) in [5.74, 6) is 0.839. The third-order valence-corrected chi connectivity index (χ3v) is 5.05. The van der Waals surface area contributed by atoms with Crippen LogP contribution in [0.3, 0.4) is 0 Å². The van der Waals surface area contributed by atoms with Crippen LogP contribution in [0.15, 0.2) is 54.6 Å². The van der Waals surface area contributed by atoms with Crippen molar-refractivity contribution in [1.82, 2.24) is 10.2 Å². The van der Waals surface area contributed by atoms with Crippen LogP contribution < -0.4 is 10.1 Å². The van der Waals surface area contributed by atoms with E-state index in [4.69, 9.17) is 4.74 Å². The number of carbonyl (C=O) groups is 1. The Morgan fingerprint density at radius 3 is 2.44 bits per heavy atom. The molecule has 1 amide bonds. The molecule has 2 aromatic carbocycles. The van der Waals surface area contributed by atoms with Gasteiger partial charge in [0.2, 0.25) is 0 Å². The molecular formula is C23H30N2O2. The van der Waals surface area contributed by atoms with Gasteiger partial charge < -0.3 is 10.1 Å². The van der Waals surface area contributed by atoms with Gasteiger partial charge in [-0.2, -0.15) is 0 Å². The molecule has 0 saturated carbocycles. The summed E-state index contributed by atoms with van der Waals surface area (Å²) in [6.07, 6.45) is 4.16. The van der Waals surface area contributed by atoms with Crippen molar-refractivity contribution in [3.63, 3.8) is 0 Å². The predicted octanol–water partition coefficient (Wildman–Crippen LogP) is 4.26. The van der Waals surface area contributed by atoms with Crippen molar-refractivity contribution < 1.29 is 9.53 Å². The molecule has 1 N–H and O–H groups in total. The molecule has 0 atom stereocenters. The van der Waals surface area contributed by atoms with E-state index in [1.54, 1.807) is 0 Å². The highest BCUT2D eigenvalue weighted by molar-refractivity contribution is 5.94. The topological polar surface area (TPSA) is 41.6 Å². The highest BCUT2D eigenvalue weighted by atomic mass is 16.5. The molecule has 4 heteroatoms. The van der Waals surface area contributed by atoms with Gasteiger partial charge in [-0.15, -0.1) is 0 Å². The Balaban J connectivity index is 1.42. The van der Waals surface area contributed by atoms with Gasteiger partial charge in [-0.25, -0.2) is 0 Å². The highest BCUT2D eigenvalue weighted by Crippen LogP contribution is 2.16. The van der Waals surface area contributed by atoms with Crippen molar-refractivity contribution in [2.45, 2.75) is 45.2 Å². The summed E-state index contributed by atoms with van der Waals surface area (Å²) in [7, 11) is 0.